The van der Waals surface area contributed by atoms with E-state index in [9.17, 15) is 4.79 Å². The summed E-state index contributed by atoms with van der Waals surface area (Å²) in [4.78, 5) is 22.2. The van der Waals surface area contributed by atoms with Gasteiger partial charge in [-0.1, -0.05) is 30.0 Å². The number of aromatic amines is 1. The SMILES string of the molecule is CCn1cc(-c2nc(SCc3nnc(-c4ccccc4)o3)n[nH]2)c(=O)c2cc(F)c(N3CCN(C)CC3)cc21. The average molecular weight is 547 g/mol. The quantitative estimate of drug-likeness (QED) is 0.303. The summed E-state index contributed by atoms with van der Waals surface area (Å²) in [5, 5.41) is 16.1. The van der Waals surface area contributed by atoms with Crippen LogP contribution in [0.5, 0.6) is 0 Å². The molecule has 200 valence electrons. The Morgan fingerprint density at radius 3 is 2.67 bits per heavy atom. The Morgan fingerprint density at radius 2 is 1.90 bits per heavy atom. The van der Waals surface area contributed by atoms with Crippen LogP contribution in [0.2, 0.25) is 0 Å². The summed E-state index contributed by atoms with van der Waals surface area (Å²) >= 11 is 1.31. The van der Waals surface area contributed by atoms with Crippen LogP contribution in [0, 0.1) is 5.82 Å². The number of nitrogens with one attached hydrogen (secondary N) is 1. The van der Waals surface area contributed by atoms with Crippen LogP contribution in [0.3, 0.4) is 0 Å². The summed E-state index contributed by atoms with van der Waals surface area (Å²) in [5.74, 6) is 1.18. The van der Waals surface area contributed by atoms with Crippen molar-refractivity contribution in [2.24, 2.45) is 0 Å². The number of halogens is 1. The number of piperazine rings is 1. The molecule has 0 aliphatic carbocycles. The first kappa shape index (κ1) is 25.3. The van der Waals surface area contributed by atoms with Crippen molar-refractivity contribution in [2.45, 2.75) is 24.4 Å². The minimum absolute atomic E-state index is 0.296. The van der Waals surface area contributed by atoms with Gasteiger partial charge < -0.3 is 18.8 Å². The number of anilines is 1. The number of aryl methyl sites for hydroxylation is 1. The van der Waals surface area contributed by atoms with Gasteiger partial charge in [0.25, 0.3) is 0 Å². The van der Waals surface area contributed by atoms with Crippen LogP contribution in [0.25, 0.3) is 33.7 Å². The van der Waals surface area contributed by atoms with Gasteiger partial charge in [0.1, 0.15) is 5.82 Å². The molecule has 0 amide bonds. The van der Waals surface area contributed by atoms with Crippen molar-refractivity contribution in [3.8, 4) is 22.8 Å². The predicted octanol–water partition coefficient (Wildman–Crippen LogP) is 4.04. The van der Waals surface area contributed by atoms with Gasteiger partial charge in [-0.25, -0.2) is 9.37 Å². The molecule has 5 aromatic rings. The Bertz CT molecular complexity index is 1670. The summed E-state index contributed by atoms with van der Waals surface area (Å²) in [6, 6.07) is 12.7. The Balaban J connectivity index is 1.25. The number of H-pyrrole nitrogens is 1. The molecule has 1 aliphatic rings. The highest BCUT2D eigenvalue weighted by atomic mass is 32.2. The number of nitrogens with zero attached hydrogens (tertiary/aromatic N) is 7. The second-order valence-corrected chi connectivity index (χ2v) is 10.3. The zero-order valence-corrected chi connectivity index (χ0v) is 22.4. The van der Waals surface area contributed by atoms with Gasteiger partial charge in [-0.3, -0.25) is 9.89 Å². The number of rotatable bonds is 7. The van der Waals surface area contributed by atoms with E-state index in [-0.39, 0.29) is 5.43 Å². The van der Waals surface area contributed by atoms with Crippen LogP contribution < -0.4 is 10.3 Å². The van der Waals surface area contributed by atoms with Crippen LogP contribution in [-0.2, 0) is 12.3 Å². The van der Waals surface area contributed by atoms with Crippen LogP contribution >= 0.6 is 11.8 Å². The van der Waals surface area contributed by atoms with E-state index in [0.29, 0.717) is 57.2 Å². The number of likely N-dealkylation sites (N-methyl/N-ethyl adjacent to an activating group) is 1. The Hall–Kier alpha value is -4.03. The molecular formula is C27H27FN8O2S. The third kappa shape index (κ3) is 5.04. The molecule has 2 aromatic carbocycles. The normalized spacial score (nSPS) is 14.4. The average Bonchev–Trinajstić information content (AvgIpc) is 3.63. The van der Waals surface area contributed by atoms with E-state index >= 15 is 4.39 Å². The highest BCUT2D eigenvalue weighted by Crippen LogP contribution is 2.28. The number of fused-ring (bicyclic) bond motifs is 1. The molecule has 0 atom stereocenters. The lowest BCUT2D eigenvalue weighted by atomic mass is 10.1. The molecule has 0 radical (unpaired) electrons. The van der Waals surface area contributed by atoms with Gasteiger partial charge >= 0.3 is 0 Å². The van der Waals surface area contributed by atoms with E-state index in [2.05, 4.69) is 37.3 Å². The molecule has 12 heteroatoms. The number of benzene rings is 2. The van der Waals surface area contributed by atoms with Crippen molar-refractivity contribution in [3.63, 3.8) is 0 Å². The van der Waals surface area contributed by atoms with Crippen LogP contribution in [0.15, 0.2) is 63.0 Å². The van der Waals surface area contributed by atoms with Gasteiger partial charge in [0.15, 0.2) is 11.3 Å². The van der Waals surface area contributed by atoms with Gasteiger partial charge in [-0.05, 0) is 38.2 Å². The summed E-state index contributed by atoms with van der Waals surface area (Å²) in [6.07, 6.45) is 1.76. The number of aromatic nitrogens is 6. The largest absolute Gasteiger partial charge is 0.420 e. The molecule has 1 N–H and O–H groups in total. The summed E-state index contributed by atoms with van der Waals surface area (Å²) in [6.45, 7) is 5.80. The first-order valence-corrected chi connectivity index (χ1v) is 13.7. The van der Waals surface area contributed by atoms with Crippen LogP contribution in [-0.4, -0.2) is 68.1 Å². The zero-order valence-electron chi connectivity index (χ0n) is 21.6. The van der Waals surface area contributed by atoms with E-state index in [4.69, 9.17) is 4.42 Å². The maximum atomic E-state index is 15.3. The molecule has 0 bridgehead atoms. The Morgan fingerprint density at radius 1 is 1.10 bits per heavy atom. The van der Waals surface area contributed by atoms with Crippen molar-refractivity contribution in [3.05, 3.63) is 70.6 Å². The topological polar surface area (TPSA) is 109 Å². The molecule has 6 rings (SSSR count). The van der Waals surface area contributed by atoms with Crippen molar-refractivity contribution < 1.29 is 8.81 Å². The lowest BCUT2D eigenvalue weighted by Gasteiger charge is -2.34. The molecular weight excluding hydrogens is 519 g/mol. The molecule has 10 nitrogen and oxygen atoms in total. The van der Waals surface area contributed by atoms with Crippen LogP contribution in [0.1, 0.15) is 12.8 Å². The van der Waals surface area contributed by atoms with E-state index in [1.165, 1.54) is 17.8 Å². The summed E-state index contributed by atoms with van der Waals surface area (Å²) in [7, 11) is 2.06. The maximum absolute atomic E-state index is 15.3. The third-order valence-electron chi connectivity index (χ3n) is 6.87. The minimum atomic E-state index is -0.396. The lowest BCUT2D eigenvalue weighted by molar-refractivity contribution is 0.312. The number of hydrogen-bond donors (Lipinski definition) is 1. The van der Waals surface area contributed by atoms with Crippen molar-refractivity contribution in [1.29, 1.82) is 0 Å². The molecule has 1 fully saturated rings. The second kappa shape index (κ2) is 10.6. The first-order valence-electron chi connectivity index (χ1n) is 12.7. The minimum Gasteiger partial charge on any atom is -0.420 e. The first-order chi connectivity index (χ1) is 19.0. The fourth-order valence-electron chi connectivity index (χ4n) is 4.69. The van der Waals surface area contributed by atoms with E-state index < -0.39 is 5.82 Å². The number of pyridine rings is 1. The van der Waals surface area contributed by atoms with Gasteiger partial charge in [0.05, 0.1) is 22.5 Å². The van der Waals surface area contributed by atoms with Crippen molar-refractivity contribution in [2.75, 3.05) is 38.1 Å². The summed E-state index contributed by atoms with van der Waals surface area (Å²) in [5.41, 5.74) is 2.10. The lowest BCUT2D eigenvalue weighted by Crippen LogP contribution is -2.44. The molecule has 39 heavy (non-hydrogen) atoms. The van der Waals surface area contributed by atoms with E-state index in [1.54, 1.807) is 12.3 Å². The molecule has 0 spiro atoms. The summed E-state index contributed by atoms with van der Waals surface area (Å²) < 4.78 is 23.0. The maximum Gasteiger partial charge on any atom is 0.247 e. The molecule has 4 heterocycles. The smallest absolute Gasteiger partial charge is 0.247 e. The highest BCUT2D eigenvalue weighted by molar-refractivity contribution is 7.98. The zero-order chi connectivity index (χ0) is 26.9. The van der Waals surface area contributed by atoms with Gasteiger partial charge in [0.2, 0.25) is 16.9 Å². The van der Waals surface area contributed by atoms with Gasteiger partial charge in [0, 0.05) is 49.9 Å². The fourth-order valence-corrected chi connectivity index (χ4v) is 5.32. The fraction of sp³-hybridized carbons (Fsp3) is 0.296. The van der Waals surface area contributed by atoms with E-state index in [0.717, 1.165) is 31.7 Å². The monoisotopic (exact) mass is 546 g/mol. The standard InChI is InChI=1S/C27H27FN8O2S/c1-3-35-15-19(24(37)18-13-20(28)22(14-21(18)35)36-11-9-34(2)10-12-36)25-29-27(33-31-25)39-16-23-30-32-26(38-23)17-7-5-4-6-8-17/h4-8,13-15H,3,9-12,16H2,1-2H3,(H,29,31,33). The molecule has 1 aliphatic heterocycles. The molecule has 0 saturated carbocycles. The van der Waals surface area contributed by atoms with Crippen LogP contribution in [0.4, 0.5) is 10.1 Å². The Kier molecular flexibility index (Phi) is 6.88. The second-order valence-electron chi connectivity index (χ2n) is 9.39. The Labute approximate surface area is 227 Å². The van der Waals surface area contributed by atoms with Crippen molar-refractivity contribution >= 4 is 28.4 Å². The number of hydrogen-bond acceptors (Lipinski definition) is 9. The molecule has 3 aromatic heterocycles. The predicted molar refractivity (Wildman–Crippen MR) is 148 cm³/mol. The highest BCUT2D eigenvalue weighted by Gasteiger charge is 2.21. The molecule has 0 unspecified atom stereocenters. The number of thioether (sulfide) groups is 1. The molecule has 1 saturated heterocycles. The third-order valence-corrected chi connectivity index (χ3v) is 7.70. The van der Waals surface area contributed by atoms with Gasteiger partial charge in [-0.2, -0.15) is 0 Å². The van der Waals surface area contributed by atoms with Crippen molar-refractivity contribution in [1.82, 2.24) is 34.8 Å². The van der Waals surface area contributed by atoms with Gasteiger partial charge in [-0.15, -0.1) is 15.3 Å². The van der Waals surface area contributed by atoms with E-state index in [1.807, 2.05) is 46.7 Å².